The highest BCUT2D eigenvalue weighted by Gasteiger charge is 2.58. The molecule has 3 aliphatic rings. The number of nitrogens with zero attached hydrogens (tertiary/aromatic N) is 2. The second-order valence-electron chi connectivity index (χ2n) is 8.53. The number of hydrogen-bond donors (Lipinski definition) is 2. The first-order chi connectivity index (χ1) is 15.1. The third-order valence-electron chi connectivity index (χ3n) is 6.54. The summed E-state index contributed by atoms with van der Waals surface area (Å²) in [5, 5.41) is 6.49. The van der Waals surface area contributed by atoms with E-state index in [9.17, 15) is 9.59 Å². The summed E-state index contributed by atoms with van der Waals surface area (Å²) in [6, 6.07) is 8.01. The van der Waals surface area contributed by atoms with E-state index in [0.717, 1.165) is 37.2 Å². The van der Waals surface area contributed by atoms with E-state index < -0.39 is 0 Å². The predicted molar refractivity (Wildman–Crippen MR) is 119 cm³/mol. The van der Waals surface area contributed by atoms with E-state index in [2.05, 4.69) is 34.7 Å². The molecule has 0 radical (unpaired) electrons. The predicted octanol–water partition coefficient (Wildman–Crippen LogP) is 2.34. The zero-order valence-electron chi connectivity index (χ0n) is 18.3. The summed E-state index contributed by atoms with van der Waals surface area (Å²) in [7, 11) is 1.71. The smallest absolute Gasteiger partial charge is 0.233 e. The number of unbranched alkanes of at least 4 members (excludes halogenated alkanes) is 1. The van der Waals surface area contributed by atoms with Gasteiger partial charge in [-0.25, -0.2) is 0 Å². The lowest BCUT2D eigenvalue weighted by Crippen LogP contribution is -2.43. The van der Waals surface area contributed by atoms with Crippen LogP contribution in [0.4, 0.5) is 0 Å². The van der Waals surface area contributed by atoms with E-state index in [-0.39, 0.29) is 35.5 Å². The van der Waals surface area contributed by atoms with Crippen LogP contribution in [0.15, 0.2) is 41.4 Å². The summed E-state index contributed by atoms with van der Waals surface area (Å²) in [4.78, 5) is 31.2. The van der Waals surface area contributed by atoms with Crippen LogP contribution in [-0.2, 0) is 16.1 Å². The van der Waals surface area contributed by atoms with Gasteiger partial charge in [-0.1, -0.05) is 37.6 Å². The second-order valence-corrected chi connectivity index (χ2v) is 8.53. The van der Waals surface area contributed by atoms with Gasteiger partial charge in [0.1, 0.15) is 5.75 Å². The van der Waals surface area contributed by atoms with Gasteiger partial charge in [0.15, 0.2) is 5.96 Å². The molecule has 2 aliphatic carbocycles. The Morgan fingerprint density at radius 2 is 1.90 bits per heavy atom. The zero-order chi connectivity index (χ0) is 21.8. The number of benzene rings is 1. The van der Waals surface area contributed by atoms with E-state index in [1.165, 1.54) is 4.90 Å². The van der Waals surface area contributed by atoms with Crippen molar-refractivity contribution < 1.29 is 14.3 Å². The van der Waals surface area contributed by atoms with Gasteiger partial charge in [-0.2, -0.15) is 0 Å². The van der Waals surface area contributed by atoms with Crippen LogP contribution in [0.1, 0.15) is 31.7 Å². The number of rotatable bonds is 9. The fraction of sp³-hybridized carbons (Fsp3) is 0.542. The Balaban J connectivity index is 1.23. The number of allylic oxidation sites excluding steroid dienone is 2. The number of guanidine groups is 1. The molecule has 4 unspecified atom stereocenters. The molecule has 4 atom stereocenters. The van der Waals surface area contributed by atoms with Gasteiger partial charge in [0, 0.05) is 26.7 Å². The Bertz CT molecular complexity index is 851. The lowest BCUT2D eigenvalue weighted by molar-refractivity contribution is -0.140. The molecule has 2 bridgehead atoms. The number of nitrogens with one attached hydrogen (secondary N) is 2. The summed E-state index contributed by atoms with van der Waals surface area (Å²) < 4.78 is 5.77. The minimum atomic E-state index is -0.133. The molecular formula is C24H32N4O3. The van der Waals surface area contributed by atoms with Crippen molar-refractivity contribution in [2.75, 3.05) is 26.7 Å². The number of ether oxygens (including phenoxy) is 1. The van der Waals surface area contributed by atoms with Gasteiger partial charge in [0.05, 0.1) is 18.4 Å². The van der Waals surface area contributed by atoms with Crippen molar-refractivity contribution in [3.8, 4) is 5.75 Å². The molecule has 7 nitrogen and oxygen atoms in total. The van der Waals surface area contributed by atoms with Gasteiger partial charge < -0.3 is 15.4 Å². The number of likely N-dealkylation sites (tertiary alicyclic amines) is 1. The van der Waals surface area contributed by atoms with Crippen molar-refractivity contribution in [2.45, 2.75) is 32.7 Å². The van der Waals surface area contributed by atoms with E-state index in [1.54, 1.807) is 7.05 Å². The van der Waals surface area contributed by atoms with E-state index in [1.807, 2.05) is 24.3 Å². The topological polar surface area (TPSA) is 83.0 Å². The van der Waals surface area contributed by atoms with Crippen molar-refractivity contribution >= 4 is 17.8 Å². The largest absolute Gasteiger partial charge is 0.494 e. The van der Waals surface area contributed by atoms with Crippen LogP contribution in [0.2, 0.25) is 0 Å². The number of fused-ring (bicyclic) bond motifs is 5. The maximum absolute atomic E-state index is 12.8. The standard InChI is InChI=1S/C24H32N4O3/c1-3-4-12-31-19-7-5-6-16(13-19)15-27-24(25-2)26-10-11-28-22(29)20-17-8-9-18(14-17)21(20)23(28)30/h5-9,13,17-18,20-21H,3-4,10-12,14-15H2,1-2H3,(H2,25,26,27). The Labute approximate surface area is 183 Å². The lowest BCUT2D eigenvalue weighted by atomic mass is 9.85. The van der Waals surface area contributed by atoms with Crippen LogP contribution in [0.3, 0.4) is 0 Å². The normalized spacial score (nSPS) is 26.5. The molecule has 0 spiro atoms. The first-order valence-electron chi connectivity index (χ1n) is 11.3. The maximum Gasteiger partial charge on any atom is 0.233 e. The average Bonchev–Trinajstić information content (AvgIpc) is 3.46. The number of carbonyl (C=O) groups excluding carboxylic acids is 2. The van der Waals surface area contributed by atoms with Crippen LogP contribution in [0, 0.1) is 23.7 Å². The molecule has 2 amide bonds. The fourth-order valence-electron chi connectivity index (χ4n) is 4.96. The third-order valence-corrected chi connectivity index (χ3v) is 6.54. The molecule has 1 aliphatic heterocycles. The summed E-state index contributed by atoms with van der Waals surface area (Å²) >= 11 is 0. The Morgan fingerprint density at radius 3 is 2.58 bits per heavy atom. The molecule has 7 heteroatoms. The van der Waals surface area contributed by atoms with Crippen molar-refractivity contribution in [3.05, 3.63) is 42.0 Å². The average molecular weight is 425 g/mol. The molecule has 1 heterocycles. The van der Waals surface area contributed by atoms with Crippen LogP contribution in [0.25, 0.3) is 0 Å². The highest BCUT2D eigenvalue weighted by atomic mass is 16.5. The van der Waals surface area contributed by atoms with Gasteiger partial charge in [0.25, 0.3) is 0 Å². The van der Waals surface area contributed by atoms with Gasteiger partial charge in [-0.3, -0.25) is 19.5 Å². The van der Waals surface area contributed by atoms with E-state index in [4.69, 9.17) is 4.74 Å². The first kappa shape index (κ1) is 21.4. The molecule has 2 N–H and O–H groups in total. The zero-order valence-corrected chi connectivity index (χ0v) is 18.3. The molecule has 1 saturated heterocycles. The molecular weight excluding hydrogens is 392 g/mol. The molecule has 1 aromatic carbocycles. The Hall–Kier alpha value is -2.83. The van der Waals surface area contributed by atoms with Crippen molar-refractivity contribution in [3.63, 3.8) is 0 Å². The van der Waals surface area contributed by atoms with Crippen LogP contribution < -0.4 is 15.4 Å². The quantitative estimate of drug-likeness (QED) is 0.209. The minimum Gasteiger partial charge on any atom is -0.494 e. The van der Waals surface area contributed by atoms with Gasteiger partial charge >= 0.3 is 0 Å². The minimum absolute atomic E-state index is 0.00326. The highest BCUT2D eigenvalue weighted by Crippen LogP contribution is 2.52. The third kappa shape index (κ3) is 4.45. The number of carbonyl (C=O) groups is 2. The summed E-state index contributed by atoms with van der Waals surface area (Å²) in [5.74, 6) is 1.74. The van der Waals surface area contributed by atoms with Gasteiger partial charge in [-0.15, -0.1) is 0 Å². The van der Waals surface area contributed by atoms with E-state index in [0.29, 0.717) is 25.6 Å². The number of hydrogen-bond acceptors (Lipinski definition) is 4. The number of aliphatic imine (C=N–C) groups is 1. The molecule has 1 saturated carbocycles. The van der Waals surface area contributed by atoms with E-state index >= 15 is 0 Å². The Kier molecular flexibility index (Phi) is 6.59. The van der Waals surface area contributed by atoms with Crippen molar-refractivity contribution in [1.82, 2.24) is 15.5 Å². The summed E-state index contributed by atoms with van der Waals surface area (Å²) in [5.41, 5.74) is 1.10. The van der Waals surface area contributed by atoms with Crippen molar-refractivity contribution in [2.24, 2.45) is 28.7 Å². The van der Waals surface area contributed by atoms with Crippen LogP contribution >= 0.6 is 0 Å². The molecule has 1 aromatic rings. The molecule has 0 aromatic heterocycles. The fourth-order valence-corrected chi connectivity index (χ4v) is 4.96. The lowest BCUT2D eigenvalue weighted by Gasteiger charge is -2.18. The first-order valence-corrected chi connectivity index (χ1v) is 11.3. The van der Waals surface area contributed by atoms with Gasteiger partial charge in [-0.05, 0) is 42.4 Å². The highest BCUT2D eigenvalue weighted by molar-refractivity contribution is 6.06. The van der Waals surface area contributed by atoms with Crippen LogP contribution in [0.5, 0.6) is 5.75 Å². The number of imide groups is 1. The number of amides is 2. The van der Waals surface area contributed by atoms with Crippen molar-refractivity contribution in [1.29, 1.82) is 0 Å². The monoisotopic (exact) mass is 424 g/mol. The Morgan fingerprint density at radius 1 is 1.16 bits per heavy atom. The summed E-state index contributed by atoms with van der Waals surface area (Å²) in [6.07, 6.45) is 7.35. The van der Waals surface area contributed by atoms with Crippen LogP contribution in [-0.4, -0.2) is 49.4 Å². The van der Waals surface area contributed by atoms with Gasteiger partial charge in [0.2, 0.25) is 11.8 Å². The molecule has 166 valence electrons. The SMILES string of the molecule is CCCCOc1cccc(CNC(=NC)NCCN2C(=O)C3C4C=CC(C4)C3C2=O)c1. The molecule has 2 fully saturated rings. The maximum atomic E-state index is 12.8. The second kappa shape index (κ2) is 9.54. The molecule has 4 rings (SSSR count). The molecule has 31 heavy (non-hydrogen) atoms. The summed E-state index contributed by atoms with van der Waals surface area (Å²) in [6.45, 7) is 4.31.